The monoisotopic (exact) mass is 344 g/mol. The van der Waals surface area contributed by atoms with Gasteiger partial charge in [-0.3, -0.25) is 0 Å². The Balaban J connectivity index is 1.85. The quantitative estimate of drug-likeness (QED) is 0.697. The average molecular weight is 345 g/mol. The summed E-state index contributed by atoms with van der Waals surface area (Å²) in [4.78, 5) is 10.7. The number of hydrogen-bond donors (Lipinski definition) is 1. The summed E-state index contributed by atoms with van der Waals surface area (Å²) in [6.07, 6.45) is 1.70. The van der Waals surface area contributed by atoms with Gasteiger partial charge in [0.25, 0.3) is 0 Å². The smallest absolute Gasteiger partial charge is 0.229 e. The van der Waals surface area contributed by atoms with Crippen LogP contribution in [0, 0.1) is 0 Å². The van der Waals surface area contributed by atoms with Gasteiger partial charge < -0.3 is 10.2 Å². The van der Waals surface area contributed by atoms with E-state index in [0.717, 1.165) is 17.2 Å². The highest BCUT2D eigenvalue weighted by Gasteiger charge is 2.07. The Morgan fingerprint density at radius 2 is 1.65 bits per heavy atom. The molecule has 3 aromatic rings. The van der Waals surface area contributed by atoms with Gasteiger partial charge in [0.15, 0.2) is 0 Å². The lowest BCUT2D eigenvalue weighted by Gasteiger charge is -2.18. The number of halogens is 2. The maximum Gasteiger partial charge on any atom is 0.229 e. The van der Waals surface area contributed by atoms with E-state index in [4.69, 9.17) is 23.2 Å². The molecule has 2 aromatic carbocycles. The normalized spacial score (nSPS) is 10.4. The molecule has 23 heavy (non-hydrogen) atoms. The van der Waals surface area contributed by atoms with Crippen molar-refractivity contribution < 1.29 is 0 Å². The van der Waals surface area contributed by atoms with E-state index < -0.39 is 0 Å². The molecule has 0 saturated carbocycles. The lowest BCUT2D eigenvalue weighted by Crippen LogP contribution is -2.12. The Bertz CT molecular complexity index is 788. The van der Waals surface area contributed by atoms with Crippen molar-refractivity contribution in [3.63, 3.8) is 0 Å². The van der Waals surface area contributed by atoms with Gasteiger partial charge in [-0.25, -0.2) is 4.98 Å². The van der Waals surface area contributed by atoms with Crippen LogP contribution in [0.4, 0.5) is 23.1 Å². The minimum absolute atomic E-state index is 0.476. The van der Waals surface area contributed by atoms with Gasteiger partial charge >= 0.3 is 0 Å². The summed E-state index contributed by atoms with van der Waals surface area (Å²) in [5.74, 6) is 1.26. The van der Waals surface area contributed by atoms with Gasteiger partial charge in [0.05, 0.1) is 0 Å². The summed E-state index contributed by atoms with van der Waals surface area (Å²) in [6.45, 7) is 0. The largest absolute Gasteiger partial charge is 0.329 e. The molecule has 0 unspecified atom stereocenters. The molecular formula is C17H14Cl2N4. The molecule has 0 aliphatic heterocycles. The van der Waals surface area contributed by atoms with Gasteiger partial charge in [0.2, 0.25) is 5.95 Å². The van der Waals surface area contributed by atoms with Crippen molar-refractivity contribution >= 4 is 46.3 Å². The highest BCUT2D eigenvalue weighted by atomic mass is 35.5. The third-order valence-electron chi connectivity index (χ3n) is 3.25. The molecule has 0 saturated heterocycles. The van der Waals surface area contributed by atoms with Crippen molar-refractivity contribution in [1.29, 1.82) is 0 Å². The zero-order chi connectivity index (χ0) is 16.2. The molecule has 0 aliphatic rings. The third-order valence-corrected chi connectivity index (χ3v) is 3.68. The minimum atomic E-state index is 0.476. The van der Waals surface area contributed by atoms with E-state index in [2.05, 4.69) is 15.3 Å². The van der Waals surface area contributed by atoms with E-state index in [1.807, 2.05) is 48.3 Å². The Kier molecular flexibility index (Phi) is 4.65. The van der Waals surface area contributed by atoms with Gasteiger partial charge in [-0.05, 0) is 36.4 Å². The number of anilines is 4. The first kappa shape index (κ1) is 15.6. The van der Waals surface area contributed by atoms with Crippen molar-refractivity contribution in [2.24, 2.45) is 0 Å². The molecule has 0 atom stereocenters. The molecule has 116 valence electrons. The first-order chi connectivity index (χ1) is 11.1. The van der Waals surface area contributed by atoms with Crippen LogP contribution in [-0.4, -0.2) is 17.0 Å². The lowest BCUT2D eigenvalue weighted by atomic mass is 10.3. The lowest BCUT2D eigenvalue weighted by molar-refractivity contribution is 1.08. The Hall–Kier alpha value is -2.30. The highest BCUT2D eigenvalue weighted by Crippen LogP contribution is 2.26. The van der Waals surface area contributed by atoms with Crippen molar-refractivity contribution in [3.05, 3.63) is 70.8 Å². The number of aromatic nitrogens is 2. The van der Waals surface area contributed by atoms with Crippen LogP contribution < -0.4 is 10.2 Å². The fraction of sp³-hybridized carbons (Fsp3) is 0.0588. The van der Waals surface area contributed by atoms with E-state index >= 15 is 0 Å². The summed E-state index contributed by atoms with van der Waals surface area (Å²) in [5.41, 5.74) is 1.78. The molecule has 4 nitrogen and oxygen atoms in total. The molecule has 1 N–H and O–H groups in total. The predicted molar refractivity (Wildman–Crippen MR) is 96.3 cm³/mol. The summed E-state index contributed by atoms with van der Waals surface area (Å²) in [7, 11) is 1.96. The van der Waals surface area contributed by atoms with Gasteiger partial charge in [0.1, 0.15) is 5.82 Å². The SMILES string of the molecule is CN(c1ccccc1)c1ccnc(Nc2cc(Cl)cc(Cl)c2)n1. The van der Waals surface area contributed by atoms with Gasteiger partial charge in [-0.2, -0.15) is 4.98 Å². The summed E-state index contributed by atoms with van der Waals surface area (Å²) in [5, 5.41) is 4.22. The number of nitrogens with one attached hydrogen (secondary N) is 1. The molecule has 1 aromatic heterocycles. The maximum absolute atomic E-state index is 6.00. The van der Waals surface area contributed by atoms with Crippen LogP contribution in [0.15, 0.2) is 60.8 Å². The van der Waals surface area contributed by atoms with Crippen LogP contribution in [0.5, 0.6) is 0 Å². The van der Waals surface area contributed by atoms with Crippen molar-refractivity contribution in [1.82, 2.24) is 9.97 Å². The Morgan fingerprint density at radius 1 is 0.957 bits per heavy atom. The predicted octanol–water partition coefficient (Wildman–Crippen LogP) is 5.29. The summed E-state index contributed by atoms with van der Waals surface area (Å²) >= 11 is 12.0. The number of benzene rings is 2. The zero-order valence-corrected chi connectivity index (χ0v) is 13.9. The second-order valence-corrected chi connectivity index (χ2v) is 5.79. The first-order valence-electron chi connectivity index (χ1n) is 6.97. The molecule has 3 rings (SSSR count). The van der Waals surface area contributed by atoms with E-state index in [1.54, 1.807) is 24.4 Å². The molecule has 1 heterocycles. The van der Waals surface area contributed by atoms with Crippen molar-refractivity contribution in [2.45, 2.75) is 0 Å². The Morgan fingerprint density at radius 3 is 2.35 bits per heavy atom. The van der Waals surface area contributed by atoms with Crippen molar-refractivity contribution in [2.75, 3.05) is 17.3 Å². The summed E-state index contributed by atoms with van der Waals surface area (Å²) < 4.78 is 0. The third kappa shape index (κ3) is 3.92. The minimum Gasteiger partial charge on any atom is -0.329 e. The molecule has 6 heteroatoms. The molecule has 0 spiro atoms. The molecule has 0 fully saturated rings. The van der Waals surface area contributed by atoms with E-state index in [0.29, 0.717) is 16.0 Å². The molecular weight excluding hydrogens is 331 g/mol. The van der Waals surface area contributed by atoms with Crippen LogP contribution >= 0.6 is 23.2 Å². The van der Waals surface area contributed by atoms with E-state index in [-0.39, 0.29) is 0 Å². The zero-order valence-electron chi connectivity index (χ0n) is 12.4. The van der Waals surface area contributed by atoms with Crippen LogP contribution in [0.2, 0.25) is 10.0 Å². The average Bonchev–Trinajstić information content (AvgIpc) is 2.54. The van der Waals surface area contributed by atoms with E-state index in [9.17, 15) is 0 Å². The van der Waals surface area contributed by atoms with Gasteiger partial charge in [-0.1, -0.05) is 41.4 Å². The number of para-hydroxylation sites is 1. The highest BCUT2D eigenvalue weighted by molar-refractivity contribution is 6.35. The fourth-order valence-corrected chi connectivity index (χ4v) is 2.66. The number of hydrogen-bond acceptors (Lipinski definition) is 4. The van der Waals surface area contributed by atoms with Crippen LogP contribution in [0.1, 0.15) is 0 Å². The fourth-order valence-electron chi connectivity index (χ4n) is 2.14. The topological polar surface area (TPSA) is 41.1 Å². The second-order valence-electron chi connectivity index (χ2n) is 4.92. The molecule has 0 amide bonds. The van der Waals surface area contributed by atoms with Crippen LogP contribution in [0.25, 0.3) is 0 Å². The van der Waals surface area contributed by atoms with Gasteiger partial charge in [0, 0.05) is 34.7 Å². The molecule has 0 radical (unpaired) electrons. The van der Waals surface area contributed by atoms with Crippen molar-refractivity contribution in [3.8, 4) is 0 Å². The number of nitrogens with zero attached hydrogens (tertiary/aromatic N) is 3. The first-order valence-corrected chi connectivity index (χ1v) is 7.72. The number of rotatable bonds is 4. The Labute approximate surface area is 144 Å². The van der Waals surface area contributed by atoms with Crippen LogP contribution in [0.3, 0.4) is 0 Å². The van der Waals surface area contributed by atoms with Crippen LogP contribution in [-0.2, 0) is 0 Å². The summed E-state index contributed by atoms with van der Waals surface area (Å²) in [6, 6.07) is 17.1. The maximum atomic E-state index is 6.00. The van der Waals surface area contributed by atoms with Gasteiger partial charge in [-0.15, -0.1) is 0 Å². The molecule has 0 bridgehead atoms. The van der Waals surface area contributed by atoms with E-state index in [1.165, 1.54) is 0 Å². The second kappa shape index (κ2) is 6.86. The molecule has 0 aliphatic carbocycles. The standard InChI is InChI=1S/C17H14Cl2N4/c1-23(15-5-3-2-4-6-15)16-7-8-20-17(22-16)21-14-10-12(18)9-13(19)11-14/h2-11H,1H3,(H,20,21,22).